The van der Waals surface area contributed by atoms with Gasteiger partial charge in [-0.15, -0.1) is 0 Å². The van der Waals surface area contributed by atoms with Crippen LogP contribution in [0.5, 0.6) is 5.75 Å². The Morgan fingerprint density at radius 1 is 0.974 bits per heavy atom. The van der Waals surface area contributed by atoms with E-state index in [4.69, 9.17) is 9.47 Å². The number of hydrogen-bond donors (Lipinski definition) is 0. The summed E-state index contributed by atoms with van der Waals surface area (Å²) in [5.74, 6) is 0.158. The molecule has 1 amide bonds. The first-order valence-corrected chi connectivity index (χ1v) is 13.2. The average Bonchev–Trinajstić information content (AvgIpc) is 2.92. The molecule has 1 aromatic heterocycles. The molecule has 0 spiro atoms. The minimum atomic E-state index is -0.509. The van der Waals surface area contributed by atoms with Gasteiger partial charge < -0.3 is 14.4 Å². The third-order valence-corrected chi connectivity index (χ3v) is 6.61. The first-order valence-electron chi connectivity index (χ1n) is 13.2. The fraction of sp³-hybridized carbons (Fsp3) is 0.400. The van der Waals surface area contributed by atoms with Crippen molar-refractivity contribution in [3.8, 4) is 5.75 Å². The van der Waals surface area contributed by atoms with E-state index in [0.717, 1.165) is 28.9 Å². The van der Waals surface area contributed by atoms with E-state index in [1.165, 1.54) is 12.3 Å². The van der Waals surface area contributed by atoms with E-state index in [-0.39, 0.29) is 24.5 Å². The number of amides is 1. The van der Waals surface area contributed by atoms with Crippen molar-refractivity contribution in [3.63, 3.8) is 0 Å². The molecule has 1 atom stereocenters. The predicted octanol–water partition coefficient (Wildman–Crippen LogP) is 4.32. The summed E-state index contributed by atoms with van der Waals surface area (Å²) in [7, 11) is 0. The number of hydrogen-bond acceptors (Lipinski definition) is 7. The van der Waals surface area contributed by atoms with Gasteiger partial charge in [0.05, 0.1) is 6.20 Å². The molecule has 1 aliphatic rings. The monoisotopic (exact) mass is 532 g/mol. The molecule has 1 unspecified atom stereocenters. The molecule has 2 aromatic carbocycles. The summed E-state index contributed by atoms with van der Waals surface area (Å²) in [6.07, 6.45) is 1.17. The number of benzene rings is 2. The van der Waals surface area contributed by atoms with Crippen molar-refractivity contribution >= 4 is 11.9 Å². The van der Waals surface area contributed by atoms with Gasteiger partial charge in [0.1, 0.15) is 24.5 Å². The highest BCUT2D eigenvalue weighted by molar-refractivity contribution is 5.95. The standard InChI is InChI=1S/C30H36N4O5/c1-22(32-14-16-33(17-15-32)29(37)39-30(2,3)4)24-10-12-25(13-11-24)27(35)20-34-28(36)18-26(19-31-34)38-21-23-8-6-5-7-9-23/h5-13,18-19,22H,14-17,20-21H2,1-4H3. The number of rotatable bonds is 8. The Hall–Kier alpha value is -3.98. The van der Waals surface area contributed by atoms with E-state index in [1.54, 1.807) is 17.0 Å². The Labute approximate surface area is 228 Å². The Morgan fingerprint density at radius 2 is 1.64 bits per heavy atom. The van der Waals surface area contributed by atoms with Crippen LogP contribution in [0.15, 0.2) is 71.7 Å². The molecule has 3 aromatic rings. The van der Waals surface area contributed by atoms with E-state index in [1.807, 2.05) is 63.2 Å². The average molecular weight is 533 g/mol. The van der Waals surface area contributed by atoms with Gasteiger partial charge in [0.25, 0.3) is 5.56 Å². The number of ether oxygens (including phenoxy) is 2. The number of carbonyl (C=O) groups is 2. The van der Waals surface area contributed by atoms with E-state index in [0.29, 0.717) is 31.0 Å². The lowest BCUT2D eigenvalue weighted by molar-refractivity contribution is 0.0110. The number of carbonyl (C=O) groups excluding carboxylic acids is 2. The molecule has 9 heteroatoms. The molecule has 1 fully saturated rings. The van der Waals surface area contributed by atoms with Crippen molar-refractivity contribution in [1.82, 2.24) is 19.6 Å². The summed E-state index contributed by atoms with van der Waals surface area (Å²) < 4.78 is 12.3. The van der Waals surface area contributed by atoms with Crippen LogP contribution in [0.25, 0.3) is 0 Å². The Kier molecular flexibility index (Phi) is 8.81. The fourth-order valence-electron chi connectivity index (χ4n) is 4.36. The van der Waals surface area contributed by atoms with Gasteiger partial charge in [-0.3, -0.25) is 14.5 Å². The highest BCUT2D eigenvalue weighted by atomic mass is 16.6. The van der Waals surface area contributed by atoms with Crippen LogP contribution in [-0.2, 0) is 17.9 Å². The molecule has 0 aliphatic carbocycles. The van der Waals surface area contributed by atoms with E-state index in [2.05, 4.69) is 16.9 Å². The van der Waals surface area contributed by atoms with Crippen molar-refractivity contribution in [2.24, 2.45) is 0 Å². The number of ketones is 1. The van der Waals surface area contributed by atoms with E-state index >= 15 is 0 Å². The van der Waals surface area contributed by atoms with Crippen molar-refractivity contribution in [2.75, 3.05) is 26.2 Å². The largest absolute Gasteiger partial charge is 0.487 e. The second-order valence-electron chi connectivity index (χ2n) is 10.7. The lowest BCUT2D eigenvalue weighted by Crippen LogP contribution is -2.50. The van der Waals surface area contributed by atoms with Gasteiger partial charge in [-0.2, -0.15) is 5.10 Å². The lowest BCUT2D eigenvalue weighted by Gasteiger charge is -2.38. The van der Waals surface area contributed by atoms with Crippen LogP contribution >= 0.6 is 0 Å². The minimum Gasteiger partial charge on any atom is -0.487 e. The molecule has 1 aliphatic heterocycles. The molecule has 0 saturated carbocycles. The predicted molar refractivity (Wildman–Crippen MR) is 148 cm³/mol. The number of piperazine rings is 1. The third kappa shape index (κ3) is 7.77. The van der Waals surface area contributed by atoms with Gasteiger partial charge >= 0.3 is 6.09 Å². The molecule has 206 valence electrons. The van der Waals surface area contributed by atoms with Crippen LogP contribution in [0, 0.1) is 0 Å². The lowest BCUT2D eigenvalue weighted by atomic mass is 10.0. The SMILES string of the molecule is CC(c1ccc(C(=O)Cn2ncc(OCc3ccccc3)cc2=O)cc1)N1CCN(C(=O)OC(C)(C)C)CC1. The quantitative estimate of drug-likeness (QED) is 0.399. The van der Waals surface area contributed by atoms with Crippen molar-refractivity contribution < 1.29 is 19.1 Å². The Morgan fingerprint density at radius 3 is 2.26 bits per heavy atom. The van der Waals surface area contributed by atoms with Crippen LogP contribution in [0.2, 0.25) is 0 Å². The Balaban J connectivity index is 1.29. The maximum absolute atomic E-state index is 12.9. The van der Waals surface area contributed by atoms with E-state index < -0.39 is 11.2 Å². The fourth-order valence-corrected chi connectivity index (χ4v) is 4.36. The second-order valence-corrected chi connectivity index (χ2v) is 10.7. The topological polar surface area (TPSA) is 94.0 Å². The van der Waals surface area contributed by atoms with E-state index in [9.17, 15) is 14.4 Å². The third-order valence-electron chi connectivity index (χ3n) is 6.61. The zero-order valence-corrected chi connectivity index (χ0v) is 23.0. The molecule has 9 nitrogen and oxygen atoms in total. The van der Waals surface area contributed by atoms with Crippen LogP contribution in [0.1, 0.15) is 55.2 Å². The first-order chi connectivity index (χ1) is 18.6. The summed E-state index contributed by atoms with van der Waals surface area (Å²) in [4.78, 5) is 41.7. The van der Waals surface area contributed by atoms with Crippen LogP contribution in [0.4, 0.5) is 4.79 Å². The normalized spacial score (nSPS) is 15.0. The molecule has 1 saturated heterocycles. The van der Waals surface area contributed by atoms with Gasteiger partial charge in [0, 0.05) is 43.9 Å². The zero-order valence-electron chi connectivity index (χ0n) is 23.0. The second kappa shape index (κ2) is 12.3. The van der Waals surface area contributed by atoms with Gasteiger partial charge in [0.2, 0.25) is 0 Å². The smallest absolute Gasteiger partial charge is 0.410 e. The molecule has 4 rings (SSSR count). The minimum absolute atomic E-state index is 0.127. The molecule has 2 heterocycles. The molecule has 0 N–H and O–H groups in total. The first kappa shape index (κ1) is 28.0. The number of Topliss-reactive ketones (excluding diaryl/α,β-unsaturated/α-hetero) is 1. The van der Waals surface area contributed by atoms with Gasteiger partial charge in [-0.1, -0.05) is 54.6 Å². The summed E-state index contributed by atoms with van der Waals surface area (Å²) in [6, 6.07) is 18.6. The molecule has 0 radical (unpaired) electrons. The van der Waals surface area contributed by atoms with Gasteiger partial charge in [-0.25, -0.2) is 9.48 Å². The number of nitrogens with zero attached hydrogens (tertiary/aromatic N) is 4. The highest BCUT2D eigenvalue weighted by Crippen LogP contribution is 2.23. The summed E-state index contributed by atoms with van der Waals surface area (Å²) in [5, 5.41) is 4.12. The Bertz CT molecular complexity index is 1320. The van der Waals surface area contributed by atoms with Crippen LogP contribution in [0.3, 0.4) is 0 Å². The number of aromatic nitrogens is 2. The highest BCUT2D eigenvalue weighted by Gasteiger charge is 2.28. The summed E-state index contributed by atoms with van der Waals surface area (Å²) >= 11 is 0. The van der Waals surface area contributed by atoms with Crippen molar-refractivity contribution in [3.05, 3.63) is 93.9 Å². The summed E-state index contributed by atoms with van der Waals surface area (Å²) in [5.41, 5.74) is 1.67. The maximum atomic E-state index is 12.9. The summed E-state index contributed by atoms with van der Waals surface area (Å²) in [6.45, 7) is 10.6. The molecular weight excluding hydrogens is 496 g/mol. The van der Waals surface area contributed by atoms with Crippen LogP contribution < -0.4 is 10.3 Å². The van der Waals surface area contributed by atoms with Gasteiger partial charge in [-0.05, 0) is 38.8 Å². The van der Waals surface area contributed by atoms with Gasteiger partial charge in [0.15, 0.2) is 5.78 Å². The molecular formula is C30H36N4O5. The van der Waals surface area contributed by atoms with Crippen molar-refractivity contribution in [1.29, 1.82) is 0 Å². The van der Waals surface area contributed by atoms with Crippen molar-refractivity contribution in [2.45, 2.75) is 52.5 Å². The van der Waals surface area contributed by atoms with Crippen LogP contribution in [-0.4, -0.2) is 63.2 Å². The zero-order chi connectivity index (χ0) is 28.0. The molecule has 0 bridgehead atoms. The maximum Gasteiger partial charge on any atom is 0.410 e. The molecule has 39 heavy (non-hydrogen) atoms.